The van der Waals surface area contributed by atoms with Crippen molar-refractivity contribution in [3.8, 4) is 0 Å². The molecule has 1 amide bonds. The van der Waals surface area contributed by atoms with Gasteiger partial charge in [0.25, 0.3) is 0 Å². The van der Waals surface area contributed by atoms with Gasteiger partial charge in [0, 0.05) is 19.8 Å². The Balaban J connectivity index is 1.79. The van der Waals surface area contributed by atoms with Gasteiger partial charge in [0.1, 0.15) is 0 Å². The Morgan fingerprint density at radius 3 is 2.40 bits per heavy atom. The highest BCUT2D eigenvalue weighted by molar-refractivity contribution is 5.86. The third-order valence-electron chi connectivity index (χ3n) is 5.22. The molecule has 116 valence electrons. The molecule has 0 aromatic heterocycles. The third-order valence-corrected chi connectivity index (χ3v) is 5.22. The zero-order valence-electron chi connectivity index (χ0n) is 12.9. The largest absolute Gasteiger partial charge is 0.382 e. The van der Waals surface area contributed by atoms with Gasteiger partial charge in [-0.25, -0.2) is 0 Å². The number of hydrogen-bond acceptors (Lipinski definition) is 3. The zero-order chi connectivity index (χ0) is 14.5. The minimum absolute atomic E-state index is 0.0693. The molecule has 0 spiro atoms. The monoisotopic (exact) mass is 282 g/mol. The van der Waals surface area contributed by atoms with Crippen LogP contribution in [0.2, 0.25) is 0 Å². The lowest BCUT2D eigenvalue weighted by atomic mass is 9.66. The molecule has 0 aliphatic heterocycles. The predicted molar refractivity (Wildman–Crippen MR) is 80.4 cm³/mol. The maximum absolute atomic E-state index is 12.4. The number of ether oxygens (including phenoxy) is 1. The van der Waals surface area contributed by atoms with Crippen LogP contribution in [0, 0.1) is 5.41 Å². The van der Waals surface area contributed by atoms with Gasteiger partial charge in [0.05, 0.1) is 5.54 Å². The molecule has 0 heterocycles. The average Bonchev–Trinajstić information content (AvgIpc) is 2.41. The molecule has 4 heteroatoms. The minimum atomic E-state index is -0.608. The summed E-state index contributed by atoms with van der Waals surface area (Å²) >= 11 is 0. The van der Waals surface area contributed by atoms with Gasteiger partial charge >= 0.3 is 0 Å². The van der Waals surface area contributed by atoms with Crippen LogP contribution in [-0.2, 0) is 9.53 Å². The normalized spacial score (nSPS) is 23.9. The second kappa shape index (κ2) is 6.90. The minimum Gasteiger partial charge on any atom is -0.382 e. The van der Waals surface area contributed by atoms with Gasteiger partial charge in [-0.05, 0) is 44.4 Å². The van der Waals surface area contributed by atoms with Gasteiger partial charge in [0.2, 0.25) is 5.91 Å². The van der Waals surface area contributed by atoms with Gasteiger partial charge in [-0.2, -0.15) is 0 Å². The van der Waals surface area contributed by atoms with E-state index in [1.165, 1.54) is 25.7 Å². The molecule has 0 aromatic carbocycles. The van der Waals surface area contributed by atoms with Crippen LogP contribution in [0.4, 0.5) is 0 Å². The van der Waals surface area contributed by atoms with Crippen LogP contribution >= 0.6 is 0 Å². The number of rotatable bonds is 7. The van der Waals surface area contributed by atoms with Crippen molar-refractivity contribution in [3.63, 3.8) is 0 Å². The molecule has 4 nitrogen and oxygen atoms in total. The van der Waals surface area contributed by atoms with Crippen molar-refractivity contribution in [2.45, 2.75) is 70.3 Å². The average molecular weight is 282 g/mol. The van der Waals surface area contributed by atoms with E-state index in [2.05, 4.69) is 5.32 Å². The van der Waals surface area contributed by atoms with Crippen LogP contribution in [0.3, 0.4) is 0 Å². The van der Waals surface area contributed by atoms with Crippen molar-refractivity contribution in [1.82, 2.24) is 5.32 Å². The van der Waals surface area contributed by atoms with Crippen molar-refractivity contribution in [2.75, 3.05) is 19.8 Å². The number of carbonyl (C=O) groups is 1. The van der Waals surface area contributed by atoms with Gasteiger partial charge in [0.15, 0.2) is 0 Å². The lowest BCUT2D eigenvalue weighted by molar-refractivity contribution is -0.128. The van der Waals surface area contributed by atoms with Gasteiger partial charge in [-0.3, -0.25) is 4.79 Å². The highest BCUT2D eigenvalue weighted by atomic mass is 16.5. The second-order valence-corrected chi connectivity index (χ2v) is 6.70. The van der Waals surface area contributed by atoms with E-state index >= 15 is 0 Å². The maximum Gasteiger partial charge on any atom is 0.240 e. The molecule has 2 rings (SSSR count). The van der Waals surface area contributed by atoms with Gasteiger partial charge < -0.3 is 15.8 Å². The summed E-state index contributed by atoms with van der Waals surface area (Å²) in [7, 11) is 0. The van der Waals surface area contributed by atoms with Crippen LogP contribution < -0.4 is 11.1 Å². The topological polar surface area (TPSA) is 64.3 Å². The van der Waals surface area contributed by atoms with E-state index < -0.39 is 5.54 Å². The summed E-state index contributed by atoms with van der Waals surface area (Å²) < 4.78 is 5.47. The highest BCUT2D eigenvalue weighted by Gasteiger charge is 2.40. The van der Waals surface area contributed by atoms with E-state index in [4.69, 9.17) is 10.5 Å². The van der Waals surface area contributed by atoms with Crippen molar-refractivity contribution in [1.29, 1.82) is 0 Å². The zero-order valence-corrected chi connectivity index (χ0v) is 12.9. The lowest BCUT2D eigenvalue weighted by Gasteiger charge is -2.43. The quantitative estimate of drug-likeness (QED) is 0.705. The maximum atomic E-state index is 12.4. The summed E-state index contributed by atoms with van der Waals surface area (Å²) in [5.41, 5.74) is 5.94. The molecular formula is C16H30N2O2. The molecule has 2 aliphatic rings. The van der Waals surface area contributed by atoms with Crippen LogP contribution in [0.5, 0.6) is 0 Å². The molecule has 2 aliphatic carbocycles. The molecule has 0 radical (unpaired) electrons. The Bertz CT molecular complexity index is 320. The van der Waals surface area contributed by atoms with E-state index in [9.17, 15) is 4.79 Å². The second-order valence-electron chi connectivity index (χ2n) is 6.70. The molecule has 0 atom stereocenters. The Morgan fingerprint density at radius 1 is 1.15 bits per heavy atom. The summed E-state index contributed by atoms with van der Waals surface area (Å²) in [5.74, 6) is 0.0693. The van der Waals surface area contributed by atoms with Crippen molar-refractivity contribution < 1.29 is 9.53 Å². The fourth-order valence-corrected chi connectivity index (χ4v) is 3.48. The molecule has 20 heavy (non-hydrogen) atoms. The molecule has 2 saturated carbocycles. The Kier molecular flexibility index (Phi) is 5.44. The first-order chi connectivity index (χ1) is 9.60. The highest BCUT2D eigenvalue weighted by Crippen LogP contribution is 2.43. The van der Waals surface area contributed by atoms with E-state index in [-0.39, 0.29) is 11.3 Å². The Labute approximate surface area is 122 Å². The summed E-state index contributed by atoms with van der Waals surface area (Å²) in [6, 6.07) is 0. The number of nitrogens with two attached hydrogens (primary N) is 1. The number of amides is 1. The molecule has 0 aromatic rings. The van der Waals surface area contributed by atoms with Crippen LogP contribution in [0.25, 0.3) is 0 Å². The molecule has 0 unspecified atom stereocenters. The fourth-order valence-electron chi connectivity index (χ4n) is 3.48. The Hall–Kier alpha value is -0.610. The number of carbonyl (C=O) groups excluding carboxylic acids is 1. The fraction of sp³-hybridized carbons (Fsp3) is 0.938. The summed E-state index contributed by atoms with van der Waals surface area (Å²) in [6.07, 6.45) is 9.79. The first-order valence-electron chi connectivity index (χ1n) is 8.25. The molecule has 0 saturated heterocycles. The summed E-state index contributed by atoms with van der Waals surface area (Å²) in [4.78, 5) is 12.4. The lowest BCUT2D eigenvalue weighted by Crippen LogP contribution is -2.57. The standard InChI is InChI=1S/C16H30N2O2/c1-2-20-12-11-15(7-6-8-15)13-18-14(19)16(17)9-4-3-5-10-16/h2-13,17H2,1H3,(H,18,19). The number of nitrogens with one attached hydrogen (secondary N) is 1. The van der Waals surface area contributed by atoms with Gasteiger partial charge in [-0.1, -0.05) is 25.7 Å². The van der Waals surface area contributed by atoms with Crippen molar-refractivity contribution in [2.24, 2.45) is 11.1 Å². The van der Waals surface area contributed by atoms with E-state index in [1.54, 1.807) is 0 Å². The molecular weight excluding hydrogens is 252 g/mol. The number of hydrogen-bond donors (Lipinski definition) is 2. The summed E-state index contributed by atoms with van der Waals surface area (Å²) in [5, 5.41) is 3.14. The van der Waals surface area contributed by atoms with E-state index in [1.807, 2.05) is 6.92 Å². The molecule has 3 N–H and O–H groups in total. The van der Waals surface area contributed by atoms with Crippen LogP contribution in [0.1, 0.15) is 64.7 Å². The molecule has 0 bridgehead atoms. The predicted octanol–water partition coefficient (Wildman–Crippen LogP) is 2.36. The first-order valence-corrected chi connectivity index (χ1v) is 8.25. The van der Waals surface area contributed by atoms with E-state index in [0.717, 1.165) is 51.9 Å². The molecule has 2 fully saturated rings. The van der Waals surface area contributed by atoms with Crippen molar-refractivity contribution >= 4 is 5.91 Å². The smallest absolute Gasteiger partial charge is 0.240 e. The van der Waals surface area contributed by atoms with Crippen LogP contribution in [0.15, 0.2) is 0 Å². The first kappa shape index (κ1) is 15.8. The third kappa shape index (κ3) is 3.73. The van der Waals surface area contributed by atoms with Crippen LogP contribution in [-0.4, -0.2) is 31.2 Å². The van der Waals surface area contributed by atoms with E-state index in [0.29, 0.717) is 0 Å². The Morgan fingerprint density at radius 2 is 1.85 bits per heavy atom. The summed E-state index contributed by atoms with van der Waals surface area (Å²) in [6.45, 7) is 4.38. The van der Waals surface area contributed by atoms with Gasteiger partial charge in [-0.15, -0.1) is 0 Å². The van der Waals surface area contributed by atoms with Crippen molar-refractivity contribution in [3.05, 3.63) is 0 Å². The SMILES string of the molecule is CCOCCC1(CNC(=O)C2(N)CCCCC2)CCC1.